The van der Waals surface area contributed by atoms with Crippen LogP contribution in [0.2, 0.25) is 0 Å². The number of allylic oxidation sites excluding steroid dienone is 1. The molecule has 0 aromatic heterocycles. The Labute approximate surface area is 212 Å². The van der Waals surface area contributed by atoms with E-state index in [1.54, 1.807) is 18.2 Å². The summed E-state index contributed by atoms with van der Waals surface area (Å²) in [5.41, 5.74) is 7.09. The SMILES string of the molecule is CCCN1c2cc(C)c(/C=C3/NC(=O)N(CC(=O)Nc4ccc(C)cc4)C3=O)cc2C(C)=CC1(C)C. The minimum atomic E-state index is -0.604. The molecule has 0 atom stereocenters. The average molecular weight is 487 g/mol. The third-order valence-corrected chi connectivity index (χ3v) is 6.71. The number of fused-ring (bicyclic) bond motifs is 1. The number of urea groups is 1. The number of rotatable bonds is 6. The Morgan fingerprint density at radius 3 is 2.44 bits per heavy atom. The van der Waals surface area contributed by atoms with E-state index in [0.717, 1.165) is 40.1 Å². The molecule has 1 fully saturated rings. The molecule has 188 valence electrons. The number of hydrogen-bond donors (Lipinski definition) is 2. The molecule has 36 heavy (non-hydrogen) atoms. The molecule has 1 saturated heterocycles. The Kier molecular flexibility index (Phi) is 6.76. The highest BCUT2D eigenvalue weighted by Crippen LogP contribution is 2.40. The highest BCUT2D eigenvalue weighted by Gasteiger charge is 2.35. The predicted octanol–water partition coefficient (Wildman–Crippen LogP) is 5.25. The highest BCUT2D eigenvalue weighted by atomic mass is 16.2. The fraction of sp³-hybridized carbons (Fsp3) is 0.345. The van der Waals surface area contributed by atoms with Crippen LogP contribution in [0.1, 0.15) is 56.4 Å². The smallest absolute Gasteiger partial charge is 0.329 e. The lowest BCUT2D eigenvalue weighted by Gasteiger charge is -2.43. The molecule has 2 aliphatic rings. The highest BCUT2D eigenvalue weighted by molar-refractivity contribution is 6.16. The molecule has 7 heteroatoms. The number of nitrogens with zero attached hydrogens (tertiary/aromatic N) is 2. The van der Waals surface area contributed by atoms with Crippen LogP contribution in [-0.4, -0.2) is 41.4 Å². The van der Waals surface area contributed by atoms with Gasteiger partial charge in [0.25, 0.3) is 5.91 Å². The summed E-state index contributed by atoms with van der Waals surface area (Å²) in [4.78, 5) is 41.4. The van der Waals surface area contributed by atoms with Gasteiger partial charge in [-0.25, -0.2) is 9.69 Å². The summed E-state index contributed by atoms with van der Waals surface area (Å²) in [5, 5.41) is 5.36. The number of amides is 4. The van der Waals surface area contributed by atoms with E-state index in [2.05, 4.69) is 61.4 Å². The number of carbonyl (C=O) groups is 3. The van der Waals surface area contributed by atoms with E-state index in [0.29, 0.717) is 5.69 Å². The molecule has 0 aliphatic carbocycles. The molecule has 0 saturated carbocycles. The molecule has 4 amide bonds. The maximum atomic E-state index is 13.0. The van der Waals surface area contributed by atoms with Crippen molar-refractivity contribution in [1.82, 2.24) is 10.2 Å². The number of anilines is 2. The van der Waals surface area contributed by atoms with Gasteiger partial charge in [-0.3, -0.25) is 9.59 Å². The number of aryl methyl sites for hydroxylation is 2. The molecule has 7 nitrogen and oxygen atoms in total. The van der Waals surface area contributed by atoms with Crippen molar-refractivity contribution in [3.05, 3.63) is 70.4 Å². The molecule has 2 aromatic rings. The standard InChI is InChI=1S/C29H34N4O3/c1-7-12-33-25-13-19(3)21(14-23(25)20(4)16-29(33,5)6)15-24-27(35)32(28(36)31-24)17-26(34)30-22-10-8-18(2)9-11-22/h8-11,13-16H,7,12,17H2,1-6H3,(H,30,34)(H,31,36)/b24-15+. The Morgan fingerprint density at radius 2 is 1.78 bits per heavy atom. The summed E-state index contributed by atoms with van der Waals surface area (Å²) >= 11 is 0. The summed E-state index contributed by atoms with van der Waals surface area (Å²) in [5.74, 6) is -0.954. The second kappa shape index (κ2) is 9.64. The van der Waals surface area contributed by atoms with Gasteiger partial charge in [-0.05, 0) is 88.1 Å². The number of benzene rings is 2. The lowest BCUT2D eigenvalue weighted by Crippen LogP contribution is -2.45. The zero-order valence-electron chi connectivity index (χ0n) is 21.9. The van der Waals surface area contributed by atoms with Gasteiger partial charge in [0.1, 0.15) is 12.2 Å². The van der Waals surface area contributed by atoms with Crippen molar-refractivity contribution in [2.75, 3.05) is 23.3 Å². The Hall–Kier alpha value is -3.87. The Morgan fingerprint density at radius 1 is 1.08 bits per heavy atom. The topological polar surface area (TPSA) is 81.8 Å². The van der Waals surface area contributed by atoms with E-state index in [1.165, 1.54) is 11.3 Å². The van der Waals surface area contributed by atoms with Crippen molar-refractivity contribution >= 4 is 40.9 Å². The van der Waals surface area contributed by atoms with Crippen LogP contribution in [0.25, 0.3) is 11.6 Å². The van der Waals surface area contributed by atoms with Crippen LogP contribution in [0.4, 0.5) is 16.2 Å². The normalized spacial score (nSPS) is 17.7. The average Bonchev–Trinajstić information content (AvgIpc) is 3.06. The van der Waals surface area contributed by atoms with Gasteiger partial charge in [0.05, 0.1) is 5.54 Å². The minimum absolute atomic E-state index is 0.0887. The zero-order chi connectivity index (χ0) is 26.2. The Balaban J connectivity index is 1.57. The lowest BCUT2D eigenvalue weighted by atomic mass is 9.86. The third-order valence-electron chi connectivity index (χ3n) is 6.71. The van der Waals surface area contributed by atoms with Gasteiger partial charge in [-0.1, -0.05) is 30.7 Å². The minimum Gasteiger partial charge on any atom is -0.362 e. The molecular formula is C29H34N4O3. The van der Waals surface area contributed by atoms with Crippen molar-refractivity contribution in [2.45, 2.75) is 53.5 Å². The molecular weight excluding hydrogens is 452 g/mol. The van der Waals surface area contributed by atoms with Crippen LogP contribution < -0.4 is 15.5 Å². The van der Waals surface area contributed by atoms with Crippen LogP contribution in [0.15, 0.2) is 48.2 Å². The van der Waals surface area contributed by atoms with Gasteiger partial charge >= 0.3 is 6.03 Å². The van der Waals surface area contributed by atoms with Gasteiger partial charge in [0.2, 0.25) is 5.91 Å². The maximum absolute atomic E-state index is 13.0. The second-order valence-corrected chi connectivity index (χ2v) is 10.2. The van der Waals surface area contributed by atoms with Gasteiger partial charge in [0, 0.05) is 23.5 Å². The van der Waals surface area contributed by atoms with Crippen LogP contribution in [0.5, 0.6) is 0 Å². The van der Waals surface area contributed by atoms with E-state index < -0.39 is 17.8 Å². The van der Waals surface area contributed by atoms with Crippen molar-refractivity contribution in [3.8, 4) is 0 Å². The molecule has 2 aliphatic heterocycles. The molecule has 0 radical (unpaired) electrons. The van der Waals surface area contributed by atoms with E-state index in [1.807, 2.05) is 26.0 Å². The molecule has 0 unspecified atom stereocenters. The van der Waals surface area contributed by atoms with E-state index >= 15 is 0 Å². The molecule has 0 bridgehead atoms. The number of nitrogens with one attached hydrogen (secondary N) is 2. The van der Waals surface area contributed by atoms with E-state index in [4.69, 9.17) is 0 Å². The van der Waals surface area contributed by atoms with Crippen LogP contribution >= 0.6 is 0 Å². The number of hydrogen-bond acceptors (Lipinski definition) is 4. The fourth-order valence-corrected chi connectivity index (χ4v) is 4.88. The van der Waals surface area contributed by atoms with E-state index in [9.17, 15) is 14.4 Å². The van der Waals surface area contributed by atoms with Gasteiger partial charge < -0.3 is 15.5 Å². The summed E-state index contributed by atoms with van der Waals surface area (Å²) < 4.78 is 0. The van der Waals surface area contributed by atoms with E-state index in [-0.39, 0.29) is 17.8 Å². The van der Waals surface area contributed by atoms with Crippen molar-refractivity contribution < 1.29 is 14.4 Å². The largest absolute Gasteiger partial charge is 0.362 e. The lowest BCUT2D eigenvalue weighted by molar-refractivity contribution is -0.127. The molecule has 4 rings (SSSR count). The number of carbonyl (C=O) groups excluding carboxylic acids is 3. The first-order chi connectivity index (χ1) is 17.0. The van der Waals surface area contributed by atoms with Crippen LogP contribution in [0.3, 0.4) is 0 Å². The third kappa shape index (κ3) is 4.91. The summed E-state index contributed by atoms with van der Waals surface area (Å²) in [6, 6.07) is 10.9. The van der Waals surface area contributed by atoms with Gasteiger partial charge in [-0.15, -0.1) is 0 Å². The first-order valence-corrected chi connectivity index (χ1v) is 12.3. The monoisotopic (exact) mass is 486 g/mol. The van der Waals surface area contributed by atoms with Gasteiger partial charge in [0.15, 0.2) is 0 Å². The first-order valence-electron chi connectivity index (χ1n) is 12.3. The molecule has 0 spiro atoms. The van der Waals surface area contributed by atoms with Crippen molar-refractivity contribution in [3.63, 3.8) is 0 Å². The molecule has 2 heterocycles. The first kappa shape index (κ1) is 25.2. The van der Waals surface area contributed by atoms with Crippen molar-refractivity contribution in [2.24, 2.45) is 0 Å². The predicted molar refractivity (Wildman–Crippen MR) is 145 cm³/mol. The fourth-order valence-electron chi connectivity index (χ4n) is 4.88. The maximum Gasteiger partial charge on any atom is 0.329 e. The number of imide groups is 1. The zero-order valence-corrected chi connectivity index (χ0v) is 21.9. The van der Waals surface area contributed by atoms with Crippen LogP contribution in [-0.2, 0) is 9.59 Å². The molecule has 2 aromatic carbocycles. The quantitative estimate of drug-likeness (QED) is 0.432. The summed E-state index contributed by atoms with van der Waals surface area (Å²) in [6.07, 6.45) is 5.01. The summed E-state index contributed by atoms with van der Waals surface area (Å²) in [6.45, 7) is 13.3. The summed E-state index contributed by atoms with van der Waals surface area (Å²) in [7, 11) is 0. The molecule has 2 N–H and O–H groups in total. The van der Waals surface area contributed by atoms with Gasteiger partial charge in [-0.2, -0.15) is 0 Å². The Bertz CT molecular complexity index is 1290. The van der Waals surface area contributed by atoms with Crippen LogP contribution in [0, 0.1) is 13.8 Å². The van der Waals surface area contributed by atoms with Crippen molar-refractivity contribution in [1.29, 1.82) is 0 Å². The second-order valence-electron chi connectivity index (χ2n) is 10.2.